The normalized spacial score (nSPS) is 16.6. The first-order chi connectivity index (χ1) is 10.8. The van der Waals surface area contributed by atoms with Gasteiger partial charge < -0.3 is 20.1 Å². The monoisotopic (exact) mass is 318 g/mol. The highest BCUT2D eigenvalue weighted by Crippen LogP contribution is 2.32. The zero-order chi connectivity index (χ0) is 15.2. The molecular weight excluding hydrogens is 296 g/mol. The second kappa shape index (κ2) is 7.49. The van der Waals surface area contributed by atoms with Gasteiger partial charge in [-0.2, -0.15) is 0 Å². The minimum absolute atomic E-state index is 0.592. The van der Waals surface area contributed by atoms with Crippen molar-refractivity contribution in [3.05, 3.63) is 29.8 Å². The van der Waals surface area contributed by atoms with Crippen molar-refractivity contribution >= 4 is 23.0 Å². The van der Waals surface area contributed by atoms with Gasteiger partial charge in [-0.15, -0.1) is 0 Å². The van der Waals surface area contributed by atoms with Gasteiger partial charge in [-0.3, -0.25) is 0 Å². The first-order valence-electron chi connectivity index (χ1n) is 7.94. The van der Waals surface area contributed by atoms with E-state index in [0.717, 1.165) is 30.2 Å². The van der Waals surface area contributed by atoms with Gasteiger partial charge in [0.2, 0.25) is 0 Å². The molecule has 118 valence electrons. The molecule has 0 saturated carbocycles. The summed E-state index contributed by atoms with van der Waals surface area (Å²) >= 11 is 5.34. The van der Waals surface area contributed by atoms with Gasteiger partial charge in [0.25, 0.3) is 0 Å². The lowest BCUT2D eigenvalue weighted by Crippen LogP contribution is -2.29. The molecule has 5 heteroatoms. The second-order valence-corrected chi connectivity index (χ2v) is 6.01. The van der Waals surface area contributed by atoms with E-state index in [9.17, 15) is 0 Å². The number of hydrogen-bond donors (Lipinski definition) is 2. The third-order valence-electron chi connectivity index (χ3n) is 3.92. The van der Waals surface area contributed by atoms with E-state index in [1.54, 1.807) is 5.57 Å². The van der Waals surface area contributed by atoms with E-state index >= 15 is 0 Å². The lowest BCUT2D eigenvalue weighted by Gasteiger charge is -2.19. The fourth-order valence-corrected chi connectivity index (χ4v) is 2.98. The van der Waals surface area contributed by atoms with Crippen LogP contribution in [0.3, 0.4) is 0 Å². The molecule has 1 aliphatic heterocycles. The van der Waals surface area contributed by atoms with Crippen LogP contribution < -0.4 is 20.1 Å². The number of rotatable bonds is 4. The van der Waals surface area contributed by atoms with Gasteiger partial charge in [-0.05, 0) is 56.5 Å². The summed E-state index contributed by atoms with van der Waals surface area (Å²) in [7, 11) is 0. The summed E-state index contributed by atoms with van der Waals surface area (Å²) in [4.78, 5) is 0. The van der Waals surface area contributed by atoms with Crippen LogP contribution in [0.25, 0.3) is 0 Å². The topological polar surface area (TPSA) is 42.5 Å². The molecule has 0 spiro atoms. The van der Waals surface area contributed by atoms with Crippen LogP contribution >= 0.6 is 12.2 Å². The Labute approximate surface area is 136 Å². The maximum atomic E-state index is 5.57. The summed E-state index contributed by atoms with van der Waals surface area (Å²) in [6.07, 6.45) is 8.58. The van der Waals surface area contributed by atoms with Gasteiger partial charge in [0.15, 0.2) is 16.6 Å². The Morgan fingerprint density at radius 3 is 2.82 bits per heavy atom. The van der Waals surface area contributed by atoms with Gasteiger partial charge in [0.1, 0.15) is 13.2 Å². The third-order valence-corrected chi connectivity index (χ3v) is 4.16. The van der Waals surface area contributed by atoms with Gasteiger partial charge in [0.05, 0.1) is 0 Å². The van der Waals surface area contributed by atoms with E-state index in [1.807, 2.05) is 18.2 Å². The van der Waals surface area contributed by atoms with E-state index in [-0.39, 0.29) is 0 Å². The van der Waals surface area contributed by atoms with Crippen LogP contribution in [-0.4, -0.2) is 24.9 Å². The molecule has 1 heterocycles. The van der Waals surface area contributed by atoms with E-state index < -0.39 is 0 Å². The Morgan fingerprint density at radius 2 is 2.00 bits per heavy atom. The van der Waals surface area contributed by atoms with Crippen LogP contribution in [-0.2, 0) is 0 Å². The highest BCUT2D eigenvalue weighted by molar-refractivity contribution is 7.80. The Hall–Kier alpha value is -1.75. The fraction of sp³-hybridized carbons (Fsp3) is 0.471. The molecule has 2 aliphatic rings. The molecule has 0 saturated heterocycles. The third kappa shape index (κ3) is 4.13. The lowest BCUT2D eigenvalue weighted by atomic mass is 9.97. The summed E-state index contributed by atoms with van der Waals surface area (Å²) in [5, 5.41) is 7.11. The highest BCUT2D eigenvalue weighted by Gasteiger charge is 2.12. The van der Waals surface area contributed by atoms with Crippen molar-refractivity contribution < 1.29 is 9.47 Å². The second-order valence-electron chi connectivity index (χ2n) is 5.60. The molecule has 0 aromatic heterocycles. The number of nitrogens with one attached hydrogen (secondary N) is 2. The molecule has 0 amide bonds. The van der Waals surface area contributed by atoms with Crippen molar-refractivity contribution in [2.24, 2.45) is 0 Å². The van der Waals surface area contributed by atoms with E-state index in [1.165, 1.54) is 25.7 Å². The van der Waals surface area contributed by atoms with E-state index in [4.69, 9.17) is 21.7 Å². The minimum Gasteiger partial charge on any atom is -0.486 e. The largest absolute Gasteiger partial charge is 0.486 e. The molecule has 2 N–H and O–H groups in total. The first kappa shape index (κ1) is 15.2. The summed E-state index contributed by atoms with van der Waals surface area (Å²) in [6.45, 7) is 2.08. The molecule has 4 nitrogen and oxygen atoms in total. The Balaban J connectivity index is 1.46. The van der Waals surface area contributed by atoms with Gasteiger partial charge in [-0.25, -0.2) is 0 Å². The smallest absolute Gasteiger partial charge is 0.170 e. The maximum Gasteiger partial charge on any atom is 0.170 e. The van der Waals surface area contributed by atoms with Crippen LogP contribution in [0.15, 0.2) is 29.8 Å². The van der Waals surface area contributed by atoms with Crippen molar-refractivity contribution in [2.75, 3.05) is 25.1 Å². The summed E-state index contributed by atoms with van der Waals surface area (Å²) in [6, 6.07) is 5.78. The van der Waals surface area contributed by atoms with Crippen LogP contribution in [0, 0.1) is 0 Å². The number of anilines is 1. The molecule has 1 aliphatic carbocycles. The van der Waals surface area contributed by atoms with Crippen LogP contribution in [0.2, 0.25) is 0 Å². The zero-order valence-electron chi connectivity index (χ0n) is 12.7. The van der Waals surface area contributed by atoms with Gasteiger partial charge in [-0.1, -0.05) is 11.6 Å². The molecular formula is C17H22N2O2S. The lowest BCUT2D eigenvalue weighted by molar-refractivity contribution is 0.171. The number of ether oxygens (including phenoxy) is 2. The standard InChI is InChI=1S/C17H22N2O2S/c22-17(18-9-8-13-4-2-1-3-5-13)19-14-6-7-15-16(12-14)21-11-10-20-15/h4,6-7,12H,1-3,5,8-11H2,(H2,18,19,22). The van der Waals surface area contributed by atoms with Crippen molar-refractivity contribution in [3.63, 3.8) is 0 Å². The average Bonchev–Trinajstić information content (AvgIpc) is 2.56. The van der Waals surface area contributed by atoms with Crippen molar-refractivity contribution in [3.8, 4) is 11.5 Å². The predicted octanol–water partition coefficient (Wildman–Crippen LogP) is 3.63. The predicted molar refractivity (Wildman–Crippen MR) is 92.8 cm³/mol. The first-order valence-corrected chi connectivity index (χ1v) is 8.34. The number of benzene rings is 1. The van der Waals surface area contributed by atoms with Crippen LogP contribution in [0.5, 0.6) is 11.5 Å². The molecule has 22 heavy (non-hydrogen) atoms. The number of thiocarbonyl (C=S) groups is 1. The van der Waals surface area contributed by atoms with E-state index in [2.05, 4.69) is 16.7 Å². The van der Waals surface area contributed by atoms with Crippen molar-refractivity contribution in [2.45, 2.75) is 32.1 Å². The highest BCUT2D eigenvalue weighted by atomic mass is 32.1. The summed E-state index contributed by atoms with van der Waals surface area (Å²) in [5.74, 6) is 1.56. The van der Waals surface area contributed by atoms with Crippen LogP contribution in [0.1, 0.15) is 32.1 Å². The SMILES string of the molecule is S=C(NCCC1=CCCCC1)Nc1ccc2c(c1)OCCO2. The minimum atomic E-state index is 0.592. The summed E-state index contributed by atoms with van der Waals surface area (Å²) in [5.41, 5.74) is 2.47. The molecule has 0 fully saturated rings. The fourth-order valence-electron chi connectivity index (χ4n) is 2.76. The van der Waals surface area contributed by atoms with Crippen molar-refractivity contribution in [1.29, 1.82) is 0 Å². The zero-order valence-corrected chi connectivity index (χ0v) is 13.5. The Morgan fingerprint density at radius 1 is 1.14 bits per heavy atom. The summed E-state index contributed by atoms with van der Waals surface area (Å²) < 4.78 is 11.1. The van der Waals surface area contributed by atoms with E-state index in [0.29, 0.717) is 18.3 Å². The average molecular weight is 318 g/mol. The quantitative estimate of drug-likeness (QED) is 0.655. The van der Waals surface area contributed by atoms with Crippen molar-refractivity contribution in [1.82, 2.24) is 5.32 Å². The molecule has 0 radical (unpaired) electrons. The van der Waals surface area contributed by atoms with Gasteiger partial charge in [0, 0.05) is 18.3 Å². The molecule has 0 unspecified atom stereocenters. The number of hydrogen-bond acceptors (Lipinski definition) is 3. The number of fused-ring (bicyclic) bond motifs is 1. The molecule has 0 bridgehead atoms. The van der Waals surface area contributed by atoms with Crippen LogP contribution in [0.4, 0.5) is 5.69 Å². The Bertz CT molecular complexity index is 572. The molecule has 1 aromatic rings. The maximum absolute atomic E-state index is 5.57. The van der Waals surface area contributed by atoms with Gasteiger partial charge >= 0.3 is 0 Å². The molecule has 1 aromatic carbocycles. The molecule has 0 atom stereocenters. The molecule has 3 rings (SSSR count). The number of allylic oxidation sites excluding steroid dienone is 1. The Kier molecular flexibility index (Phi) is 5.16.